The molecule has 0 radical (unpaired) electrons. The smallest absolute Gasteiger partial charge is 0.347 e. The van der Waals surface area contributed by atoms with Crippen molar-refractivity contribution < 1.29 is 24.7 Å². The van der Waals surface area contributed by atoms with Gasteiger partial charge in [-0.05, 0) is 50.2 Å². The van der Waals surface area contributed by atoms with Gasteiger partial charge in [-0.25, -0.2) is 9.59 Å². The fourth-order valence-electron chi connectivity index (χ4n) is 3.49. The molecule has 2 aromatic carbocycles. The molecule has 0 bridgehead atoms. The quantitative estimate of drug-likeness (QED) is 0.447. The van der Waals surface area contributed by atoms with Crippen LogP contribution in [-0.2, 0) is 4.79 Å². The van der Waals surface area contributed by atoms with Crippen molar-refractivity contribution in [2.75, 3.05) is 16.8 Å². The molecule has 1 atom stereocenters. The summed E-state index contributed by atoms with van der Waals surface area (Å²) in [7, 11) is 0. The van der Waals surface area contributed by atoms with Crippen molar-refractivity contribution >= 4 is 52.6 Å². The topological polar surface area (TPSA) is 113 Å². The van der Waals surface area contributed by atoms with Gasteiger partial charge in [0.15, 0.2) is 6.17 Å². The Hall–Kier alpha value is -3.01. The number of carboxylic acids is 1. The van der Waals surface area contributed by atoms with E-state index in [-0.39, 0.29) is 5.69 Å². The molecular weight excluding hydrogens is 447 g/mol. The van der Waals surface area contributed by atoms with E-state index in [1.54, 1.807) is 50.2 Å². The highest BCUT2D eigenvalue weighted by Gasteiger charge is 2.56. The number of carboxylic acid groups (broad SMARTS) is 1. The summed E-state index contributed by atoms with van der Waals surface area (Å²) in [4.78, 5) is 39.5. The number of hydrogen-bond donors (Lipinski definition) is 3. The number of amides is 4. The van der Waals surface area contributed by atoms with E-state index < -0.39 is 36.3 Å². The molecule has 164 valence electrons. The fraction of sp³-hybridized carbons (Fsp3) is 0.250. The van der Waals surface area contributed by atoms with Crippen LogP contribution >= 0.6 is 23.2 Å². The first-order valence-electron chi connectivity index (χ1n) is 9.15. The first-order valence-corrected chi connectivity index (χ1v) is 9.91. The molecule has 1 fully saturated rings. The van der Waals surface area contributed by atoms with Gasteiger partial charge in [0.2, 0.25) is 0 Å². The highest BCUT2D eigenvalue weighted by molar-refractivity contribution is 6.31. The molecule has 3 N–H and O–H groups in total. The molecule has 1 aliphatic rings. The van der Waals surface area contributed by atoms with Gasteiger partial charge < -0.3 is 15.3 Å². The Morgan fingerprint density at radius 3 is 2.32 bits per heavy atom. The van der Waals surface area contributed by atoms with E-state index in [0.29, 0.717) is 20.8 Å². The molecule has 4 amide bonds. The van der Waals surface area contributed by atoms with Crippen LogP contribution in [0.3, 0.4) is 0 Å². The number of anilines is 2. The molecule has 3 rings (SSSR count). The molecule has 0 aromatic heterocycles. The number of hydroxylamine groups is 2. The van der Waals surface area contributed by atoms with Gasteiger partial charge in [-0.2, -0.15) is 5.06 Å². The van der Waals surface area contributed by atoms with Crippen molar-refractivity contribution in [1.29, 1.82) is 0 Å². The zero-order valence-electron chi connectivity index (χ0n) is 16.6. The normalized spacial score (nSPS) is 17.6. The molecule has 2 aromatic rings. The third-order valence-corrected chi connectivity index (χ3v) is 5.37. The van der Waals surface area contributed by atoms with E-state index in [9.17, 15) is 24.7 Å². The number of urea groups is 2. The van der Waals surface area contributed by atoms with Crippen molar-refractivity contribution in [3.8, 4) is 0 Å². The standard InChI is InChI=1S/C20H20Cl2N4O5/c1-20(2)17(26(31)18(29)23-14-7-3-5-12(21)9-14)25(15-8-4-6-13(22)10-15)19(30)24(20)11-16(27)28/h3-10,17,31H,11H2,1-2H3,(H,23,29)(H,27,28)/t17-/m0/s1. The van der Waals surface area contributed by atoms with Gasteiger partial charge in [0.05, 0.1) is 5.54 Å². The Kier molecular flexibility index (Phi) is 6.30. The van der Waals surface area contributed by atoms with Crippen LogP contribution in [0.5, 0.6) is 0 Å². The average Bonchev–Trinajstić information content (AvgIpc) is 2.87. The minimum absolute atomic E-state index is 0.290. The molecule has 0 aliphatic carbocycles. The summed E-state index contributed by atoms with van der Waals surface area (Å²) >= 11 is 12.0. The lowest BCUT2D eigenvalue weighted by Gasteiger charge is -2.38. The summed E-state index contributed by atoms with van der Waals surface area (Å²) < 4.78 is 0. The van der Waals surface area contributed by atoms with E-state index in [1.807, 2.05) is 0 Å². The molecule has 1 aliphatic heterocycles. The number of rotatable bonds is 5. The van der Waals surface area contributed by atoms with Gasteiger partial charge in [-0.3, -0.25) is 14.9 Å². The fourth-order valence-corrected chi connectivity index (χ4v) is 3.86. The maximum Gasteiger partial charge on any atom is 0.347 e. The van der Waals surface area contributed by atoms with Crippen LogP contribution in [0.4, 0.5) is 21.0 Å². The zero-order valence-corrected chi connectivity index (χ0v) is 18.1. The third kappa shape index (κ3) is 4.53. The summed E-state index contributed by atoms with van der Waals surface area (Å²) in [5, 5.41) is 23.7. The Balaban J connectivity index is 2.00. The predicted octanol–water partition coefficient (Wildman–Crippen LogP) is 4.35. The largest absolute Gasteiger partial charge is 0.480 e. The number of carbonyl (C=O) groups is 3. The zero-order chi connectivity index (χ0) is 22.9. The van der Waals surface area contributed by atoms with Crippen molar-refractivity contribution in [3.63, 3.8) is 0 Å². The number of nitrogens with zero attached hydrogens (tertiary/aromatic N) is 3. The molecule has 0 unspecified atom stereocenters. The second-order valence-corrected chi connectivity index (χ2v) is 8.30. The summed E-state index contributed by atoms with van der Waals surface area (Å²) in [6.07, 6.45) is -1.27. The van der Waals surface area contributed by atoms with Crippen molar-refractivity contribution in [2.45, 2.75) is 25.6 Å². The lowest BCUT2D eigenvalue weighted by molar-refractivity contribution is -0.140. The molecule has 31 heavy (non-hydrogen) atoms. The van der Waals surface area contributed by atoms with Crippen molar-refractivity contribution in [2.24, 2.45) is 0 Å². The van der Waals surface area contributed by atoms with Gasteiger partial charge in [-0.1, -0.05) is 35.3 Å². The van der Waals surface area contributed by atoms with Gasteiger partial charge in [-0.15, -0.1) is 0 Å². The SMILES string of the molecule is CC1(C)[C@H](N(O)C(=O)Nc2cccc(Cl)c2)N(c2cccc(Cl)c2)C(=O)N1CC(=O)O. The number of carbonyl (C=O) groups excluding carboxylic acids is 2. The third-order valence-electron chi connectivity index (χ3n) is 4.90. The first-order chi connectivity index (χ1) is 14.5. The summed E-state index contributed by atoms with van der Waals surface area (Å²) in [6, 6.07) is 10.9. The molecule has 0 saturated carbocycles. The van der Waals surface area contributed by atoms with Crippen molar-refractivity contribution in [3.05, 3.63) is 58.6 Å². The maximum atomic E-state index is 13.2. The Morgan fingerprint density at radius 1 is 1.13 bits per heavy atom. The Labute approximate surface area is 188 Å². The molecule has 0 spiro atoms. The summed E-state index contributed by atoms with van der Waals surface area (Å²) in [6.45, 7) is 2.49. The van der Waals surface area contributed by atoms with Crippen LogP contribution in [0, 0.1) is 0 Å². The van der Waals surface area contributed by atoms with E-state index in [4.69, 9.17) is 23.2 Å². The summed E-state index contributed by atoms with van der Waals surface area (Å²) in [5.41, 5.74) is -0.661. The monoisotopic (exact) mass is 466 g/mol. The van der Waals surface area contributed by atoms with Gasteiger partial charge in [0, 0.05) is 21.4 Å². The number of hydrogen-bond acceptors (Lipinski definition) is 4. The van der Waals surface area contributed by atoms with E-state index in [2.05, 4.69) is 5.32 Å². The second kappa shape index (κ2) is 8.62. The highest BCUT2D eigenvalue weighted by Crippen LogP contribution is 2.38. The van der Waals surface area contributed by atoms with Crippen LogP contribution in [0.15, 0.2) is 48.5 Å². The number of nitrogens with one attached hydrogen (secondary N) is 1. The van der Waals surface area contributed by atoms with Crippen LogP contribution in [0.2, 0.25) is 10.0 Å². The lowest BCUT2D eigenvalue weighted by Crippen LogP contribution is -2.58. The molecule has 9 nitrogen and oxygen atoms in total. The first kappa shape index (κ1) is 22.7. The minimum atomic E-state index is -1.28. The van der Waals surface area contributed by atoms with Gasteiger partial charge in [0.25, 0.3) is 0 Å². The minimum Gasteiger partial charge on any atom is -0.480 e. The van der Waals surface area contributed by atoms with Crippen LogP contribution in [-0.4, -0.2) is 56.6 Å². The summed E-state index contributed by atoms with van der Waals surface area (Å²) in [5.74, 6) is -1.24. The van der Waals surface area contributed by atoms with Crippen LogP contribution < -0.4 is 10.2 Å². The Bertz CT molecular complexity index is 1030. The van der Waals surface area contributed by atoms with Gasteiger partial charge in [0.1, 0.15) is 6.54 Å². The average molecular weight is 467 g/mol. The van der Waals surface area contributed by atoms with E-state index in [1.165, 1.54) is 12.1 Å². The van der Waals surface area contributed by atoms with E-state index >= 15 is 0 Å². The number of halogens is 2. The van der Waals surface area contributed by atoms with E-state index in [0.717, 1.165) is 9.80 Å². The molecule has 1 heterocycles. The lowest BCUT2D eigenvalue weighted by atomic mass is 10.00. The second-order valence-electron chi connectivity index (χ2n) is 7.42. The number of aliphatic carboxylic acids is 1. The molecule has 11 heteroatoms. The number of benzene rings is 2. The van der Waals surface area contributed by atoms with Crippen LogP contribution in [0.25, 0.3) is 0 Å². The van der Waals surface area contributed by atoms with Crippen LogP contribution in [0.1, 0.15) is 13.8 Å². The Morgan fingerprint density at radius 2 is 1.74 bits per heavy atom. The predicted molar refractivity (Wildman–Crippen MR) is 116 cm³/mol. The van der Waals surface area contributed by atoms with Crippen molar-refractivity contribution in [1.82, 2.24) is 9.96 Å². The molecular formula is C20H20Cl2N4O5. The highest BCUT2D eigenvalue weighted by atomic mass is 35.5. The maximum absolute atomic E-state index is 13.2. The molecule has 1 saturated heterocycles. The van der Waals surface area contributed by atoms with Gasteiger partial charge >= 0.3 is 18.0 Å².